The number of benzene rings is 1. The zero-order valence-electron chi connectivity index (χ0n) is 8.20. The van der Waals surface area contributed by atoms with Crippen molar-refractivity contribution in [3.05, 3.63) is 35.4 Å². The SMILES string of the molecule is CC(OS(C)(=O)=O)c1ccc(F)c(F)c1. The molecule has 0 spiro atoms. The summed E-state index contributed by atoms with van der Waals surface area (Å²) < 4.78 is 51.5. The molecule has 0 amide bonds. The summed E-state index contributed by atoms with van der Waals surface area (Å²) in [7, 11) is -3.61. The first-order valence-electron chi connectivity index (χ1n) is 4.13. The van der Waals surface area contributed by atoms with E-state index in [-0.39, 0.29) is 5.56 Å². The van der Waals surface area contributed by atoms with Gasteiger partial charge in [0.1, 0.15) is 0 Å². The van der Waals surface area contributed by atoms with Crippen LogP contribution in [0.25, 0.3) is 0 Å². The Bertz CT molecular complexity index is 456. The number of halogens is 2. The molecule has 0 aromatic heterocycles. The van der Waals surface area contributed by atoms with Gasteiger partial charge in [0.05, 0.1) is 12.4 Å². The monoisotopic (exact) mass is 236 g/mol. The van der Waals surface area contributed by atoms with Gasteiger partial charge in [-0.3, -0.25) is 4.18 Å². The molecular formula is C9H10F2O3S. The maximum atomic E-state index is 12.8. The van der Waals surface area contributed by atoms with Gasteiger partial charge in [-0.05, 0) is 24.6 Å². The normalized spacial score (nSPS) is 13.9. The number of hydrogen-bond acceptors (Lipinski definition) is 3. The first kappa shape index (κ1) is 12.1. The molecule has 0 N–H and O–H groups in total. The zero-order chi connectivity index (χ0) is 11.6. The molecule has 6 heteroatoms. The fourth-order valence-electron chi connectivity index (χ4n) is 1.08. The Hall–Kier alpha value is -1.01. The van der Waals surface area contributed by atoms with Crippen LogP contribution in [0.5, 0.6) is 0 Å². The molecule has 15 heavy (non-hydrogen) atoms. The molecule has 0 heterocycles. The Kier molecular flexibility index (Phi) is 3.41. The second-order valence-corrected chi connectivity index (χ2v) is 4.72. The summed E-state index contributed by atoms with van der Waals surface area (Å²) in [4.78, 5) is 0. The van der Waals surface area contributed by atoms with Crippen molar-refractivity contribution >= 4 is 10.1 Å². The summed E-state index contributed by atoms with van der Waals surface area (Å²) in [6, 6.07) is 3.10. The third kappa shape index (κ3) is 3.56. The average molecular weight is 236 g/mol. The van der Waals surface area contributed by atoms with Crippen LogP contribution in [0.3, 0.4) is 0 Å². The number of rotatable bonds is 3. The third-order valence-corrected chi connectivity index (χ3v) is 2.37. The van der Waals surface area contributed by atoms with Gasteiger partial charge in [0.25, 0.3) is 10.1 Å². The van der Waals surface area contributed by atoms with Crippen LogP contribution in [0, 0.1) is 11.6 Å². The fraction of sp³-hybridized carbons (Fsp3) is 0.333. The predicted molar refractivity (Wildman–Crippen MR) is 50.7 cm³/mol. The molecule has 0 saturated heterocycles. The van der Waals surface area contributed by atoms with Crippen LogP contribution in [0.1, 0.15) is 18.6 Å². The molecule has 0 radical (unpaired) electrons. The van der Waals surface area contributed by atoms with Gasteiger partial charge >= 0.3 is 0 Å². The van der Waals surface area contributed by atoms with Crippen molar-refractivity contribution in [3.63, 3.8) is 0 Å². The Labute approximate surface area is 86.8 Å². The molecule has 1 aromatic carbocycles. The van der Waals surface area contributed by atoms with Crippen molar-refractivity contribution in [2.45, 2.75) is 13.0 Å². The minimum atomic E-state index is -3.61. The lowest BCUT2D eigenvalue weighted by Gasteiger charge is -2.11. The van der Waals surface area contributed by atoms with Gasteiger partial charge in [0.2, 0.25) is 0 Å². The summed E-state index contributed by atoms with van der Waals surface area (Å²) in [6.07, 6.45) is 0.0544. The molecular weight excluding hydrogens is 226 g/mol. The summed E-state index contributed by atoms with van der Waals surface area (Å²) in [5.41, 5.74) is 0.263. The maximum absolute atomic E-state index is 12.8. The second kappa shape index (κ2) is 4.24. The van der Waals surface area contributed by atoms with Crippen LogP contribution in [0.4, 0.5) is 8.78 Å². The van der Waals surface area contributed by atoms with Crippen LogP contribution >= 0.6 is 0 Å². The molecule has 0 bridgehead atoms. The highest BCUT2D eigenvalue weighted by molar-refractivity contribution is 7.86. The lowest BCUT2D eigenvalue weighted by Crippen LogP contribution is -2.07. The smallest absolute Gasteiger partial charge is 0.262 e. The molecule has 1 rings (SSSR count). The van der Waals surface area contributed by atoms with E-state index in [4.69, 9.17) is 0 Å². The number of hydrogen-bond donors (Lipinski definition) is 0. The summed E-state index contributed by atoms with van der Waals surface area (Å²) >= 11 is 0. The standard InChI is InChI=1S/C9H10F2O3S/c1-6(14-15(2,12)13)7-3-4-8(10)9(11)5-7/h3-6H,1-2H3. The zero-order valence-corrected chi connectivity index (χ0v) is 9.01. The van der Waals surface area contributed by atoms with Crippen molar-refractivity contribution < 1.29 is 21.4 Å². The highest BCUT2D eigenvalue weighted by Gasteiger charge is 2.14. The Morgan fingerprint density at radius 1 is 1.27 bits per heavy atom. The molecule has 0 saturated carbocycles. The molecule has 1 aromatic rings. The molecule has 0 aliphatic heterocycles. The van der Waals surface area contributed by atoms with E-state index in [0.717, 1.165) is 18.4 Å². The van der Waals surface area contributed by atoms with Crippen molar-refractivity contribution in [2.75, 3.05) is 6.26 Å². The summed E-state index contributed by atoms with van der Waals surface area (Å²) in [5, 5.41) is 0. The fourth-order valence-corrected chi connectivity index (χ4v) is 1.72. The Morgan fingerprint density at radius 3 is 2.33 bits per heavy atom. The minimum absolute atomic E-state index is 0.263. The Morgan fingerprint density at radius 2 is 1.87 bits per heavy atom. The third-order valence-electron chi connectivity index (χ3n) is 1.73. The second-order valence-electron chi connectivity index (χ2n) is 3.12. The van der Waals surface area contributed by atoms with Gasteiger partial charge in [-0.1, -0.05) is 6.07 Å². The van der Waals surface area contributed by atoms with Crippen LogP contribution < -0.4 is 0 Å². The predicted octanol–water partition coefficient (Wildman–Crippen LogP) is 2.00. The quantitative estimate of drug-likeness (QED) is 0.754. The van der Waals surface area contributed by atoms with E-state index in [1.807, 2.05) is 0 Å². The van der Waals surface area contributed by atoms with Gasteiger partial charge in [0, 0.05) is 0 Å². The van der Waals surface area contributed by atoms with E-state index in [9.17, 15) is 17.2 Å². The van der Waals surface area contributed by atoms with Crippen molar-refractivity contribution in [2.24, 2.45) is 0 Å². The minimum Gasteiger partial charge on any atom is -0.262 e. The molecule has 0 aliphatic carbocycles. The first-order chi connectivity index (χ1) is 6.79. The average Bonchev–Trinajstić information content (AvgIpc) is 2.06. The molecule has 0 fully saturated rings. The summed E-state index contributed by atoms with van der Waals surface area (Å²) in [5.74, 6) is -2.01. The van der Waals surface area contributed by atoms with E-state index in [0.29, 0.717) is 0 Å². The van der Waals surface area contributed by atoms with Crippen molar-refractivity contribution in [1.82, 2.24) is 0 Å². The van der Waals surface area contributed by atoms with Gasteiger partial charge in [0.15, 0.2) is 11.6 Å². The topological polar surface area (TPSA) is 43.4 Å². The maximum Gasteiger partial charge on any atom is 0.264 e. The van der Waals surface area contributed by atoms with E-state index >= 15 is 0 Å². The van der Waals surface area contributed by atoms with Crippen LogP contribution in [-0.4, -0.2) is 14.7 Å². The van der Waals surface area contributed by atoms with Gasteiger partial charge in [-0.15, -0.1) is 0 Å². The largest absolute Gasteiger partial charge is 0.264 e. The Balaban J connectivity index is 2.92. The van der Waals surface area contributed by atoms with Gasteiger partial charge in [-0.25, -0.2) is 8.78 Å². The summed E-state index contributed by atoms with van der Waals surface area (Å²) in [6.45, 7) is 1.44. The lowest BCUT2D eigenvalue weighted by molar-refractivity contribution is 0.236. The molecule has 1 unspecified atom stereocenters. The van der Waals surface area contributed by atoms with E-state index in [1.165, 1.54) is 13.0 Å². The van der Waals surface area contributed by atoms with Crippen LogP contribution in [-0.2, 0) is 14.3 Å². The molecule has 0 aliphatic rings. The highest BCUT2D eigenvalue weighted by atomic mass is 32.2. The van der Waals surface area contributed by atoms with Crippen LogP contribution in [0.15, 0.2) is 18.2 Å². The van der Waals surface area contributed by atoms with Crippen molar-refractivity contribution in [3.8, 4) is 0 Å². The van der Waals surface area contributed by atoms with Gasteiger partial charge in [-0.2, -0.15) is 8.42 Å². The van der Waals surface area contributed by atoms with Crippen LogP contribution in [0.2, 0.25) is 0 Å². The van der Waals surface area contributed by atoms with Crippen molar-refractivity contribution in [1.29, 1.82) is 0 Å². The highest BCUT2D eigenvalue weighted by Crippen LogP contribution is 2.20. The molecule has 1 atom stereocenters. The van der Waals surface area contributed by atoms with E-state index in [1.54, 1.807) is 0 Å². The molecule has 3 nitrogen and oxygen atoms in total. The van der Waals surface area contributed by atoms with E-state index in [2.05, 4.69) is 4.18 Å². The van der Waals surface area contributed by atoms with E-state index < -0.39 is 27.9 Å². The lowest BCUT2D eigenvalue weighted by atomic mass is 10.1. The van der Waals surface area contributed by atoms with Gasteiger partial charge < -0.3 is 0 Å². The first-order valence-corrected chi connectivity index (χ1v) is 5.94. The molecule has 84 valence electrons.